The number of Topliss-reactive ketones (excluding diaryl/α,β-unsaturated/α-hetero) is 1. The lowest BCUT2D eigenvalue weighted by molar-refractivity contribution is -0.123. The lowest BCUT2D eigenvalue weighted by atomic mass is 9.81. The molecular weight excluding hydrogens is 520 g/mol. The van der Waals surface area contributed by atoms with Gasteiger partial charge >= 0.3 is 0 Å². The van der Waals surface area contributed by atoms with Gasteiger partial charge in [-0.3, -0.25) is 9.59 Å². The van der Waals surface area contributed by atoms with Crippen molar-refractivity contribution in [3.05, 3.63) is 56.3 Å². The smallest absolute Gasteiger partial charge is 0.254 e. The Kier molecular flexibility index (Phi) is 6.94. The molecule has 6 nitrogen and oxygen atoms in total. The van der Waals surface area contributed by atoms with Gasteiger partial charge in [0, 0.05) is 55.1 Å². The van der Waals surface area contributed by atoms with Crippen LogP contribution in [0.25, 0.3) is 11.1 Å². The normalized spacial score (nSPS) is 26.5. The van der Waals surface area contributed by atoms with Crippen LogP contribution in [0.15, 0.2) is 39.6 Å². The van der Waals surface area contributed by atoms with Crippen molar-refractivity contribution in [3.63, 3.8) is 0 Å². The fourth-order valence-electron chi connectivity index (χ4n) is 7.22. The maximum Gasteiger partial charge on any atom is 0.254 e. The molecule has 0 saturated heterocycles. The van der Waals surface area contributed by atoms with Crippen molar-refractivity contribution in [2.75, 3.05) is 27.2 Å². The summed E-state index contributed by atoms with van der Waals surface area (Å²) in [6.07, 6.45) is 7.55. The molecule has 0 bridgehead atoms. The van der Waals surface area contributed by atoms with Crippen LogP contribution in [0.3, 0.4) is 0 Å². The number of nitrogens with zero attached hydrogens (tertiary/aromatic N) is 2. The molecule has 0 N–H and O–H groups in total. The second kappa shape index (κ2) is 10.2. The molecule has 1 atom stereocenters. The number of ketones is 1. The van der Waals surface area contributed by atoms with Gasteiger partial charge in [0.1, 0.15) is 0 Å². The monoisotopic (exact) mass is 560 g/mol. The minimum atomic E-state index is -0.761. The molecule has 2 aromatic rings. The van der Waals surface area contributed by atoms with E-state index < -0.39 is 5.79 Å². The molecule has 1 aromatic heterocycles. The fraction of sp³-hybridized carbons (Fsp3) is 0.515. The molecule has 1 fully saturated rings. The quantitative estimate of drug-likeness (QED) is 0.414. The van der Waals surface area contributed by atoms with E-state index in [1.54, 1.807) is 11.3 Å². The van der Waals surface area contributed by atoms with Gasteiger partial charge in [-0.15, -0.1) is 0 Å². The Morgan fingerprint density at radius 2 is 1.77 bits per heavy atom. The van der Waals surface area contributed by atoms with Gasteiger partial charge in [-0.1, -0.05) is 11.6 Å². The predicted molar refractivity (Wildman–Crippen MR) is 159 cm³/mol. The minimum absolute atomic E-state index is 0.0268. The summed E-state index contributed by atoms with van der Waals surface area (Å²) in [6, 6.07) is 2.70. The number of carbonyl (C=O) groups excluding carboxylic acids is 2. The molecule has 0 unspecified atom stereocenters. The van der Waals surface area contributed by atoms with E-state index in [1.807, 2.05) is 25.7 Å². The summed E-state index contributed by atoms with van der Waals surface area (Å²) in [5.74, 6) is 1.10. The number of carbonyl (C=O) groups is 2. The molecule has 2 aliphatic carbocycles. The highest BCUT2D eigenvalue weighted by atomic mass is 32.1. The molecule has 3 heterocycles. The van der Waals surface area contributed by atoms with Gasteiger partial charge in [-0.05, 0) is 100 Å². The van der Waals surface area contributed by atoms with Crippen LogP contribution < -0.4 is 9.47 Å². The first-order valence-electron chi connectivity index (χ1n) is 14.5. The largest absolute Gasteiger partial charge is 0.448 e. The first-order chi connectivity index (χ1) is 19.1. The number of rotatable bonds is 5. The zero-order valence-electron chi connectivity index (χ0n) is 24.6. The molecule has 40 heavy (non-hydrogen) atoms. The SMILES string of the molecule is CC1=CC(C)=C(CN2CCc3c(c(C)c4c(c3-c3ccsc3)O[C@@](C)(C3CCC(N(C)C)CC3)O4)C2=O)C(=O)C1. The van der Waals surface area contributed by atoms with Crippen molar-refractivity contribution in [2.24, 2.45) is 5.92 Å². The Balaban J connectivity index is 1.37. The lowest BCUT2D eigenvalue weighted by Crippen LogP contribution is -2.46. The molecule has 1 saturated carbocycles. The number of fused-ring (bicyclic) bond motifs is 2. The van der Waals surface area contributed by atoms with E-state index in [9.17, 15) is 9.59 Å². The van der Waals surface area contributed by atoms with E-state index in [0.29, 0.717) is 43.3 Å². The molecule has 4 aliphatic rings. The Morgan fingerprint density at radius 3 is 2.42 bits per heavy atom. The van der Waals surface area contributed by atoms with E-state index in [0.717, 1.165) is 70.4 Å². The summed E-state index contributed by atoms with van der Waals surface area (Å²) >= 11 is 1.65. The van der Waals surface area contributed by atoms with Crippen LogP contribution in [0.5, 0.6) is 11.5 Å². The summed E-state index contributed by atoms with van der Waals surface area (Å²) < 4.78 is 13.6. The molecule has 0 spiro atoms. The Hall–Kier alpha value is -2.90. The Morgan fingerprint density at radius 1 is 1.05 bits per heavy atom. The zero-order chi connectivity index (χ0) is 28.3. The highest BCUT2D eigenvalue weighted by Crippen LogP contribution is 2.55. The van der Waals surface area contributed by atoms with Crippen molar-refractivity contribution in [3.8, 4) is 22.6 Å². The second-order valence-electron chi connectivity index (χ2n) is 12.4. The number of amides is 1. The third kappa shape index (κ3) is 4.51. The van der Waals surface area contributed by atoms with E-state index in [2.05, 4.69) is 48.8 Å². The number of hydrogen-bond donors (Lipinski definition) is 0. The van der Waals surface area contributed by atoms with Crippen molar-refractivity contribution in [1.82, 2.24) is 9.80 Å². The zero-order valence-corrected chi connectivity index (χ0v) is 25.4. The summed E-state index contributed by atoms with van der Waals surface area (Å²) in [6.45, 7) is 8.96. The molecular formula is C33H40N2O4S. The van der Waals surface area contributed by atoms with E-state index in [4.69, 9.17) is 9.47 Å². The summed E-state index contributed by atoms with van der Waals surface area (Å²) in [4.78, 5) is 31.2. The van der Waals surface area contributed by atoms with Crippen molar-refractivity contribution in [2.45, 2.75) is 78.0 Å². The topological polar surface area (TPSA) is 59.1 Å². The number of benzene rings is 1. The molecule has 1 amide bonds. The number of allylic oxidation sites excluding steroid dienone is 3. The molecule has 1 aromatic carbocycles. The first kappa shape index (κ1) is 27.3. The van der Waals surface area contributed by atoms with Crippen LogP contribution in [-0.2, 0) is 11.2 Å². The number of hydrogen-bond acceptors (Lipinski definition) is 6. The predicted octanol–water partition coefficient (Wildman–Crippen LogP) is 6.57. The Labute approximate surface area is 241 Å². The van der Waals surface area contributed by atoms with Crippen molar-refractivity contribution in [1.29, 1.82) is 0 Å². The highest BCUT2D eigenvalue weighted by Gasteiger charge is 2.49. The van der Waals surface area contributed by atoms with Crippen LogP contribution in [0.1, 0.15) is 74.4 Å². The maximum absolute atomic E-state index is 14.2. The molecule has 212 valence electrons. The average Bonchev–Trinajstić information content (AvgIpc) is 3.56. The van der Waals surface area contributed by atoms with Crippen LogP contribution in [-0.4, -0.2) is 60.5 Å². The van der Waals surface area contributed by atoms with Gasteiger partial charge in [0.2, 0.25) is 0 Å². The third-order valence-corrected chi connectivity index (χ3v) is 10.2. The third-order valence-electron chi connectivity index (χ3n) is 9.54. The van der Waals surface area contributed by atoms with Crippen LogP contribution in [0, 0.1) is 12.8 Å². The minimum Gasteiger partial charge on any atom is -0.448 e. The van der Waals surface area contributed by atoms with Gasteiger partial charge < -0.3 is 19.3 Å². The van der Waals surface area contributed by atoms with Crippen molar-refractivity contribution >= 4 is 23.0 Å². The summed E-state index contributed by atoms with van der Waals surface area (Å²) in [5, 5.41) is 4.20. The van der Waals surface area contributed by atoms with Crippen LogP contribution in [0.2, 0.25) is 0 Å². The molecule has 2 aliphatic heterocycles. The van der Waals surface area contributed by atoms with E-state index in [1.165, 1.54) is 0 Å². The van der Waals surface area contributed by atoms with Crippen LogP contribution in [0.4, 0.5) is 0 Å². The van der Waals surface area contributed by atoms with E-state index >= 15 is 0 Å². The standard InChI is InChI=1S/C33H40N2O4S/c1-19-15-20(2)26(27(36)16-19)17-35-13-11-25-28(32(35)37)21(3)30-31(29(25)22-12-14-40-18-22)39-33(4,38-30)23-7-9-24(10-8-23)34(5)6/h12,14-15,18,23-24H,7-11,13,16-17H2,1-6H3/t23?,24?,33-/m0/s1. The van der Waals surface area contributed by atoms with E-state index in [-0.39, 0.29) is 17.6 Å². The highest BCUT2D eigenvalue weighted by molar-refractivity contribution is 7.08. The average molecular weight is 561 g/mol. The van der Waals surface area contributed by atoms with Gasteiger partial charge in [0.25, 0.3) is 11.7 Å². The summed E-state index contributed by atoms with van der Waals surface area (Å²) in [5.41, 5.74) is 7.46. The fourth-order valence-corrected chi connectivity index (χ4v) is 7.86. The molecule has 6 rings (SSSR count). The Bertz CT molecular complexity index is 1430. The number of ether oxygens (including phenoxy) is 2. The van der Waals surface area contributed by atoms with Crippen LogP contribution >= 0.6 is 11.3 Å². The van der Waals surface area contributed by atoms with Crippen molar-refractivity contribution < 1.29 is 19.1 Å². The van der Waals surface area contributed by atoms with Gasteiger partial charge in [0.05, 0.1) is 5.56 Å². The molecule has 7 heteroatoms. The molecule has 0 radical (unpaired) electrons. The maximum atomic E-state index is 14.2. The number of thiophene rings is 1. The second-order valence-corrected chi connectivity index (χ2v) is 13.2. The van der Waals surface area contributed by atoms with Gasteiger partial charge in [0.15, 0.2) is 17.3 Å². The van der Waals surface area contributed by atoms with Gasteiger partial charge in [-0.25, -0.2) is 0 Å². The van der Waals surface area contributed by atoms with Gasteiger partial charge in [-0.2, -0.15) is 11.3 Å². The lowest BCUT2D eigenvalue weighted by Gasteiger charge is -2.39. The summed E-state index contributed by atoms with van der Waals surface area (Å²) in [7, 11) is 4.32. The first-order valence-corrected chi connectivity index (χ1v) is 15.5.